The number of anilines is 3. The number of nitrogens with zero attached hydrogens (tertiary/aromatic N) is 9. The summed E-state index contributed by atoms with van der Waals surface area (Å²) in [5, 5.41) is 11.4. The first kappa shape index (κ1) is 25.7. The molecule has 4 aromatic rings. The Morgan fingerprint density at radius 1 is 1.10 bits per heavy atom. The number of rotatable bonds is 5. The molecule has 3 aromatic heterocycles. The number of nitriles is 1. The summed E-state index contributed by atoms with van der Waals surface area (Å²) in [6, 6.07) is 14.2. The predicted molar refractivity (Wildman–Crippen MR) is 155 cm³/mol. The fourth-order valence-corrected chi connectivity index (χ4v) is 5.46. The zero-order valence-corrected chi connectivity index (χ0v) is 23.3. The second kappa shape index (κ2) is 10.2. The van der Waals surface area contributed by atoms with E-state index in [9.17, 15) is 5.26 Å². The molecule has 0 amide bonds. The molecule has 1 fully saturated rings. The lowest BCUT2D eigenvalue weighted by Crippen LogP contribution is -2.44. The molecule has 11 nitrogen and oxygen atoms in total. The highest BCUT2D eigenvalue weighted by Gasteiger charge is 2.31. The number of benzene rings is 1. The molecule has 0 spiro atoms. The van der Waals surface area contributed by atoms with Crippen molar-refractivity contribution in [2.24, 2.45) is 0 Å². The summed E-state index contributed by atoms with van der Waals surface area (Å²) in [6.45, 7) is 8.35. The number of nitrogens with one attached hydrogen (secondary N) is 1. The highest BCUT2D eigenvalue weighted by Crippen LogP contribution is 2.35. The molecule has 1 N–H and O–H groups in total. The lowest BCUT2D eigenvalue weighted by atomic mass is 10.0. The van der Waals surface area contributed by atoms with Gasteiger partial charge >= 0.3 is 0 Å². The Morgan fingerprint density at radius 2 is 1.93 bits per heavy atom. The fraction of sp³-hybridized carbons (Fsp3) is 0.345. The molecular weight excluding hydrogens is 504 g/mol. The van der Waals surface area contributed by atoms with Gasteiger partial charge in [-0.3, -0.25) is 9.99 Å². The molecule has 0 aliphatic carbocycles. The number of aromatic nitrogens is 5. The van der Waals surface area contributed by atoms with Gasteiger partial charge in [0.2, 0.25) is 11.9 Å². The maximum absolute atomic E-state index is 9.40. The van der Waals surface area contributed by atoms with Gasteiger partial charge in [-0.05, 0) is 39.0 Å². The molecule has 0 saturated carbocycles. The number of morpholine rings is 1. The summed E-state index contributed by atoms with van der Waals surface area (Å²) in [5.41, 5.74) is 9.50. The molecule has 1 unspecified atom stereocenters. The van der Waals surface area contributed by atoms with Crippen LogP contribution in [0.2, 0.25) is 0 Å². The summed E-state index contributed by atoms with van der Waals surface area (Å²) in [7, 11) is 3.95. The van der Waals surface area contributed by atoms with Gasteiger partial charge in [0.15, 0.2) is 0 Å². The molecule has 5 heterocycles. The van der Waals surface area contributed by atoms with Crippen LogP contribution in [-0.2, 0) is 4.74 Å². The van der Waals surface area contributed by atoms with E-state index in [1.165, 1.54) is 0 Å². The number of imidazole rings is 1. The van der Waals surface area contributed by atoms with Crippen molar-refractivity contribution < 1.29 is 4.74 Å². The minimum absolute atomic E-state index is 0.0451. The van der Waals surface area contributed by atoms with Crippen LogP contribution in [-0.4, -0.2) is 70.4 Å². The number of allylic oxidation sites excluding steroid dienone is 1. The first-order chi connectivity index (χ1) is 19.4. The molecule has 2 aliphatic heterocycles. The molecule has 2 aliphatic rings. The predicted octanol–water partition coefficient (Wildman–Crippen LogP) is 3.52. The Morgan fingerprint density at radius 3 is 2.70 bits per heavy atom. The number of hydrazine groups is 1. The third kappa shape index (κ3) is 4.41. The molecule has 2 atom stereocenters. The second-order valence-corrected chi connectivity index (χ2v) is 10.4. The highest BCUT2D eigenvalue weighted by molar-refractivity contribution is 5.82. The van der Waals surface area contributed by atoms with E-state index in [1.807, 2.05) is 58.9 Å². The van der Waals surface area contributed by atoms with Crippen LogP contribution in [0.3, 0.4) is 0 Å². The topological polar surface area (TPSA) is 111 Å². The van der Waals surface area contributed by atoms with E-state index in [0.717, 1.165) is 52.0 Å². The Kier molecular flexibility index (Phi) is 6.57. The van der Waals surface area contributed by atoms with E-state index in [4.69, 9.17) is 19.7 Å². The first-order valence-electron chi connectivity index (χ1n) is 13.4. The third-order valence-electron chi connectivity index (χ3n) is 7.37. The maximum atomic E-state index is 9.40. The van der Waals surface area contributed by atoms with E-state index in [0.29, 0.717) is 24.7 Å². The van der Waals surface area contributed by atoms with E-state index in [1.54, 1.807) is 12.4 Å². The largest absolute Gasteiger partial charge is 0.377 e. The Balaban J connectivity index is 1.55. The van der Waals surface area contributed by atoms with Gasteiger partial charge in [-0.15, -0.1) is 0 Å². The van der Waals surface area contributed by atoms with Gasteiger partial charge in [-0.1, -0.05) is 12.1 Å². The Hall–Kier alpha value is -4.53. The molecule has 11 heteroatoms. The maximum Gasteiger partial charge on any atom is 0.239 e. The average molecular weight is 537 g/mol. The Labute approximate surface area is 233 Å². The Bertz CT molecular complexity index is 1650. The molecule has 204 valence electrons. The summed E-state index contributed by atoms with van der Waals surface area (Å²) in [6.07, 6.45) is 3.31. The van der Waals surface area contributed by atoms with Gasteiger partial charge in [0.05, 0.1) is 59.5 Å². The number of fused-ring (bicyclic) bond motifs is 1. The van der Waals surface area contributed by atoms with Crippen LogP contribution < -0.4 is 20.2 Å². The van der Waals surface area contributed by atoms with Crippen molar-refractivity contribution in [2.75, 3.05) is 48.7 Å². The summed E-state index contributed by atoms with van der Waals surface area (Å²) in [4.78, 5) is 23.7. The van der Waals surface area contributed by atoms with Gasteiger partial charge in [0.1, 0.15) is 11.9 Å². The molecule has 1 saturated heterocycles. The van der Waals surface area contributed by atoms with Crippen molar-refractivity contribution in [3.63, 3.8) is 0 Å². The third-order valence-corrected chi connectivity index (χ3v) is 7.37. The van der Waals surface area contributed by atoms with Gasteiger partial charge in [0.25, 0.3) is 0 Å². The molecule has 0 radical (unpaired) electrons. The molecule has 40 heavy (non-hydrogen) atoms. The van der Waals surface area contributed by atoms with Gasteiger partial charge < -0.3 is 14.5 Å². The molecule has 6 rings (SSSR count). The van der Waals surface area contributed by atoms with Crippen LogP contribution in [0.5, 0.6) is 0 Å². The number of hydrogen-bond donors (Lipinski definition) is 1. The number of pyridine rings is 1. The first-order valence-corrected chi connectivity index (χ1v) is 13.4. The number of hydrogen-bond acceptors (Lipinski definition) is 10. The lowest BCUT2D eigenvalue weighted by Gasteiger charge is -2.34. The highest BCUT2D eigenvalue weighted by atomic mass is 16.5. The second-order valence-electron chi connectivity index (χ2n) is 10.4. The lowest BCUT2D eigenvalue weighted by molar-refractivity contribution is 0.0985. The van der Waals surface area contributed by atoms with E-state index < -0.39 is 0 Å². The zero-order chi connectivity index (χ0) is 28.0. The fourth-order valence-electron chi connectivity index (χ4n) is 5.46. The van der Waals surface area contributed by atoms with Gasteiger partial charge in [-0.2, -0.15) is 10.2 Å². The quantitative estimate of drug-likeness (QED) is 0.407. The SMILES string of the molecule is CC1=C(c2cc(N3CCOC[C@H]3C)nc(-n3c(N(C)C)nc4ccccc43)n2)C(C)NN1c1cncc(C#N)c1. The average Bonchev–Trinajstić information content (AvgIpc) is 3.50. The van der Waals surface area contributed by atoms with Crippen LogP contribution in [0.15, 0.2) is 54.5 Å². The van der Waals surface area contributed by atoms with E-state index in [-0.39, 0.29) is 12.1 Å². The van der Waals surface area contributed by atoms with Crippen molar-refractivity contribution in [1.29, 1.82) is 5.26 Å². The van der Waals surface area contributed by atoms with Crippen molar-refractivity contribution >= 4 is 34.1 Å². The van der Waals surface area contributed by atoms with E-state index in [2.05, 4.69) is 48.2 Å². The zero-order valence-electron chi connectivity index (χ0n) is 23.3. The van der Waals surface area contributed by atoms with Crippen molar-refractivity contribution in [3.8, 4) is 12.0 Å². The smallest absolute Gasteiger partial charge is 0.239 e. The normalized spacial score (nSPS) is 19.4. The minimum Gasteiger partial charge on any atom is -0.377 e. The molecule has 0 bridgehead atoms. The monoisotopic (exact) mass is 536 g/mol. The summed E-state index contributed by atoms with van der Waals surface area (Å²) < 4.78 is 7.75. The van der Waals surface area contributed by atoms with Gasteiger partial charge in [0, 0.05) is 44.2 Å². The van der Waals surface area contributed by atoms with Crippen molar-refractivity contribution in [2.45, 2.75) is 32.9 Å². The molecule has 1 aromatic carbocycles. The van der Waals surface area contributed by atoms with Gasteiger partial charge in [-0.25, -0.2) is 20.0 Å². The summed E-state index contributed by atoms with van der Waals surface area (Å²) in [5.74, 6) is 2.16. The number of para-hydroxylation sites is 2. The standard InChI is InChI=1S/C29H32N10O/c1-18-17-40-11-10-37(18)26-13-24(27-19(2)35-39(20(27)3)22-12-21(14-30)15-31-16-22)32-28(34-26)38-25-9-7-6-8-23(25)33-29(38)36(4)5/h6-9,12-13,15-16,18-19,35H,10-11,17H2,1-5H3/t18-,19?/m1/s1. The number of ether oxygens (including phenoxy) is 1. The van der Waals surface area contributed by atoms with Crippen LogP contribution in [0, 0.1) is 11.3 Å². The van der Waals surface area contributed by atoms with Crippen LogP contribution >= 0.6 is 0 Å². The van der Waals surface area contributed by atoms with Crippen molar-refractivity contribution in [3.05, 3.63) is 65.7 Å². The minimum atomic E-state index is -0.0451. The summed E-state index contributed by atoms with van der Waals surface area (Å²) >= 11 is 0. The van der Waals surface area contributed by atoms with Crippen LogP contribution in [0.25, 0.3) is 22.6 Å². The van der Waals surface area contributed by atoms with E-state index >= 15 is 0 Å². The molecular formula is C29H32N10O. The van der Waals surface area contributed by atoms with Crippen molar-refractivity contribution in [1.82, 2.24) is 29.9 Å². The van der Waals surface area contributed by atoms with Crippen LogP contribution in [0.1, 0.15) is 32.0 Å². The van der Waals surface area contributed by atoms with Crippen LogP contribution in [0.4, 0.5) is 17.5 Å².